The maximum absolute atomic E-state index is 5.50. The molecule has 0 aliphatic rings. The van der Waals surface area contributed by atoms with Crippen molar-refractivity contribution in [3.05, 3.63) is 0 Å². The van der Waals surface area contributed by atoms with Crippen LogP contribution in [0.4, 0.5) is 0 Å². The van der Waals surface area contributed by atoms with Crippen molar-refractivity contribution >= 4 is 12.6 Å². The normalized spacial score (nSPS) is 11.2. The Morgan fingerprint density at radius 3 is 0.818 bits per heavy atom. The van der Waals surface area contributed by atoms with Crippen molar-refractivity contribution in [1.29, 1.82) is 0 Å². The SMILES string of the molecule is NCCCCCCCCCCCCCCCCCCCCS. The fourth-order valence-electron chi connectivity index (χ4n) is 3.08. The molecule has 0 aliphatic carbocycles. The maximum Gasteiger partial charge on any atom is -0.00773 e. The molecule has 2 heteroatoms. The lowest BCUT2D eigenvalue weighted by atomic mass is 10.0. The van der Waals surface area contributed by atoms with E-state index in [-0.39, 0.29) is 0 Å². The quantitative estimate of drug-likeness (QED) is 0.196. The second-order valence-corrected chi connectivity index (χ2v) is 7.32. The van der Waals surface area contributed by atoms with Crippen molar-refractivity contribution < 1.29 is 0 Å². The Bertz CT molecular complexity index is 165. The summed E-state index contributed by atoms with van der Waals surface area (Å²) < 4.78 is 0. The molecule has 0 spiro atoms. The molecule has 0 saturated heterocycles. The maximum atomic E-state index is 5.50. The van der Waals surface area contributed by atoms with Gasteiger partial charge in [-0.25, -0.2) is 0 Å². The molecule has 0 fully saturated rings. The standard InChI is InChI=1S/C20H43NS/c21-19-17-15-13-11-9-7-5-3-1-2-4-6-8-10-12-14-16-18-20-22/h22H,1-21H2. The molecule has 0 aliphatic heterocycles. The molecule has 0 heterocycles. The molecule has 0 aromatic carbocycles. The van der Waals surface area contributed by atoms with Crippen LogP contribution in [-0.4, -0.2) is 12.3 Å². The lowest BCUT2D eigenvalue weighted by molar-refractivity contribution is 0.526. The highest BCUT2D eigenvalue weighted by molar-refractivity contribution is 7.80. The monoisotopic (exact) mass is 329 g/mol. The first-order valence-corrected chi connectivity index (χ1v) is 10.9. The van der Waals surface area contributed by atoms with E-state index in [4.69, 9.17) is 5.73 Å². The smallest absolute Gasteiger partial charge is 0.00773 e. The number of unbranched alkanes of at least 4 members (excludes halogenated alkanes) is 17. The molecule has 0 saturated carbocycles. The van der Waals surface area contributed by atoms with Crippen molar-refractivity contribution in [2.75, 3.05) is 12.3 Å². The third-order valence-electron chi connectivity index (χ3n) is 4.61. The lowest BCUT2D eigenvalue weighted by Crippen LogP contribution is -1.97. The summed E-state index contributed by atoms with van der Waals surface area (Å²) in [4.78, 5) is 0. The van der Waals surface area contributed by atoms with Crippen LogP contribution in [0.3, 0.4) is 0 Å². The molecule has 0 aromatic heterocycles. The Morgan fingerprint density at radius 2 is 0.591 bits per heavy atom. The van der Waals surface area contributed by atoms with E-state index in [0.717, 1.165) is 12.3 Å². The second-order valence-electron chi connectivity index (χ2n) is 6.88. The van der Waals surface area contributed by atoms with Gasteiger partial charge in [-0.2, -0.15) is 12.6 Å². The molecule has 134 valence electrons. The van der Waals surface area contributed by atoms with Gasteiger partial charge in [0, 0.05) is 0 Å². The molecule has 0 amide bonds. The first-order chi connectivity index (χ1) is 10.9. The highest BCUT2D eigenvalue weighted by atomic mass is 32.1. The van der Waals surface area contributed by atoms with Crippen molar-refractivity contribution in [1.82, 2.24) is 0 Å². The Morgan fingerprint density at radius 1 is 0.364 bits per heavy atom. The van der Waals surface area contributed by atoms with E-state index < -0.39 is 0 Å². The van der Waals surface area contributed by atoms with Gasteiger partial charge in [0.05, 0.1) is 0 Å². The fraction of sp³-hybridized carbons (Fsp3) is 1.00. The van der Waals surface area contributed by atoms with E-state index in [1.807, 2.05) is 0 Å². The summed E-state index contributed by atoms with van der Waals surface area (Å²) in [6, 6.07) is 0. The molecule has 1 nitrogen and oxygen atoms in total. The van der Waals surface area contributed by atoms with Crippen LogP contribution in [0.25, 0.3) is 0 Å². The Kier molecular flexibility index (Phi) is 21.6. The van der Waals surface area contributed by atoms with Gasteiger partial charge in [-0.1, -0.05) is 103 Å². The minimum Gasteiger partial charge on any atom is -0.330 e. The van der Waals surface area contributed by atoms with Crippen LogP contribution in [0.15, 0.2) is 0 Å². The molecule has 0 unspecified atom stereocenters. The predicted molar refractivity (Wildman–Crippen MR) is 106 cm³/mol. The van der Waals surface area contributed by atoms with Gasteiger partial charge in [-0.15, -0.1) is 0 Å². The fourth-order valence-corrected chi connectivity index (χ4v) is 3.31. The Balaban J connectivity index is 2.91. The summed E-state index contributed by atoms with van der Waals surface area (Å²) in [6.07, 6.45) is 25.5. The van der Waals surface area contributed by atoms with Gasteiger partial charge in [0.15, 0.2) is 0 Å². The minimum atomic E-state index is 0.871. The highest BCUT2D eigenvalue weighted by Gasteiger charge is 1.94. The number of rotatable bonds is 19. The van der Waals surface area contributed by atoms with Gasteiger partial charge >= 0.3 is 0 Å². The van der Waals surface area contributed by atoms with Crippen molar-refractivity contribution in [2.24, 2.45) is 5.73 Å². The third-order valence-corrected chi connectivity index (χ3v) is 4.93. The summed E-state index contributed by atoms with van der Waals surface area (Å²) in [5.74, 6) is 1.06. The predicted octanol–water partition coefficient (Wildman–Crippen LogP) is 6.90. The van der Waals surface area contributed by atoms with E-state index in [0.29, 0.717) is 0 Å². The Labute approximate surface area is 146 Å². The van der Waals surface area contributed by atoms with E-state index in [1.54, 1.807) is 0 Å². The molecular weight excluding hydrogens is 286 g/mol. The van der Waals surface area contributed by atoms with E-state index >= 15 is 0 Å². The molecular formula is C20H43NS. The molecule has 22 heavy (non-hydrogen) atoms. The summed E-state index contributed by atoms with van der Waals surface area (Å²) in [5, 5.41) is 0. The average molecular weight is 330 g/mol. The van der Waals surface area contributed by atoms with Gasteiger partial charge in [0.25, 0.3) is 0 Å². The first kappa shape index (κ1) is 22.3. The van der Waals surface area contributed by atoms with Gasteiger partial charge in [0.2, 0.25) is 0 Å². The van der Waals surface area contributed by atoms with Crippen molar-refractivity contribution in [2.45, 2.75) is 116 Å². The zero-order valence-electron chi connectivity index (χ0n) is 15.2. The van der Waals surface area contributed by atoms with Crippen molar-refractivity contribution in [3.8, 4) is 0 Å². The third kappa shape index (κ3) is 20.3. The van der Waals surface area contributed by atoms with E-state index in [9.17, 15) is 0 Å². The average Bonchev–Trinajstić information content (AvgIpc) is 2.54. The van der Waals surface area contributed by atoms with Crippen molar-refractivity contribution in [3.63, 3.8) is 0 Å². The summed E-state index contributed by atoms with van der Waals surface area (Å²) >= 11 is 4.25. The van der Waals surface area contributed by atoms with Crippen LogP contribution < -0.4 is 5.73 Å². The molecule has 0 rings (SSSR count). The Hall–Kier alpha value is 0.310. The zero-order valence-corrected chi connectivity index (χ0v) is 16.1. The zero-order chi connectivity index (χ0) is 16.1. The largest absolute Gasteiger partial charge is 0.330 e. The summed E-state index contributed by atoms with van der Waals surface area (Å²) in [6.45, 7) is 0.871. The number of nitrogens with two attached hydrogens (primary N) is 1. The molecule has 0 radical (unpaired) electrons. The second kappa shape index (κ2) is 21.3. The van der Waals surface area contributed by atoms with Crippen LogP contribution in [-0.2, 0) is 0 Å². The van der Waals surface area contributed by atoms with Gasteiger partial charge in [-0.3, -0.25) is 0 Å². The van der Waals surface area contributed by atoms with E-state index in [1.165, 1.54) is 116 Å². The number of hydrogen-bond donors (Lipinski definition) is 2. The highest BCUT2D eigenvalue weighted by Crippen LogP contribution is 2.14. The van der Waals surface area contributed by atoms with Crippen LogP contribution in [0.1, 0.15) is 116 Å². The van der Waals surface area contributed by atoms with Gasteiger partial charge < -0.3 is 5.73 Å². The first-order valence-electron chi connectivity index (χ1n) is 10.2. The lowest BCUT2D eigenvalue weighted by Gasteiger charge is -2.03. The van der Waals surface area contributed by atoms with Crippen LogP contribution in [0.2, 0.25) is 0 Å². The van der Waals surface area contributed by atoms with Gasteiger partial charge in [0.1, 0.15) is 0 Å². The van der Waals surface area contributed by atoms with Crippen LogP contribution >= 0.6 is 12.6 Å². The molecule has 0 aromatic rings. The van der Waals surface area contributed by atoms with Crippen LogP contribution in [0.5, 0.6) is 0 Å². The summed E-state index contributed by atoms with van der Waals surface area (Å²) in [7, 11) is 0. The topological polar surface area (TPSA) is 26.0 Å². The van der Waals surface area contributed by atoms with Gasteiger partial charge in [-0.05, 0) is 25.1 Å². The summed E-state index contributed by atoms with van der Waals surface area (Å²) in [5.41, 5.74) is 5.50. The molecule has 2 N–H and O–H groups in total. The minimum absolute atomic E-state index is 0.871. The number of hydrogen-bond acceptors (Lipinski definition) is 2. The van der Waals surface area contributed by atoms with Crippen LogP contribution in [0, 0.1) is 0 Å². The molecule has 0 bridgehead atoms. The van der Waals surface area contributed by atoms with E-state index in [2.05, 4.69) is 12.6 Å². The number of thiol groups is 1. The molecule has 0 atom stereocenters.